The molecule has 22 heavy (non-hydrogen) atoms. The third-order valence-electron chi connectivity index (χ3n) is 3.31. The lowest BCUT2D eigenvalue weighted by molar-refractivity contribution is -0.137. The maximum Gasteiger partial charge on any atom is 0.303 e. The maximum absolute atomic E-state index is 12.0. The molecule has 2 aromatic heterocycles. The van der Waals surface area contributed by atoms with E-state index in [-0.39, 0.29) is 17.5 Å². The summed E-state index contributed by atoms with van der Waals surface area (Å²) in [6.45, 7) is 4.22. The van der Waals surface area contributed by atoms with Gasteiger partial charge in [-0.05, 0) is 26.7 Å². The Kier molecular flexibility index (Phi) is 5.03. The van der Waals surface area contributed by atoms with Crippen molar-refractivity contribution in [2.45, 2.75) is 39.5 Å². The second-order valence-corrected chi connectivity index (χ2v) is 5.11. The van der Waals surface area contributed by atoms with Crippen molar-refractivity contribution in [3.63, 3.8) is 0 Å². The summed E-state index contributed by atoms with van der Waals surface area (Å²) in [5, 5.41) is 11.6. The Labute approximate surface area is 127 Å². The van der Waals surface area contributed by atoms with Crippen molar-refractivity contribution in [3.05, 3.63) is 21.7 Å². The summed E-state index contributed by atoms with van der Waals surface area (Å²) in [7, 11) is 0. The van der Waals surface area contributed by atoms with Gasteiger partial charge < -0.3 is 10.4 Å². The molecule has 118 valence electrons. The van der Waals surface area contributed by atoms with Crippen LogP contribution in [-0.2, 0) is 4.79 Å². The van der Waals surface area contributed by atoms with Crippen molar-refractivity contribution in [2.75, 3.05) is 11.9 Å². The molecule has 0 aliphatic carbocycles. The van der Waals surface area contributed by atoms with Crippen LogP contribution in [0.4, 0.5) is 5.95 Å². The number of carbonyl (C=O) groups is 1. The lowest BCUT2D eigenvalue weighted by Crippen LogP contribution is -2.16. The summed E-state index contributed by atoms with van der Waals surface area (Å²) in [4.78, 5) is 37.7. The highest BCUT2D eigenvalue weighted by Crippen LogP contribution is 2.08. The van der Waals surface area contributed by atoms with Gasteiger partial charge in [0.1, 0.15) is 0 Å². The number of anilines is 1. The zero-order chi connectivity index (χ0) is 16.1. The Bertz CT molecular complexity index is 741. The molecular formula is C14H19N5O3. The number of unbranched alkanes of at least 4 members (excludes halogenated alkanes) is 2. The normalized spacial score (nSPS) is 10.8. The second kappa shape index (κ2) is 6.97. The van der Waals surface area contributed by atoms with Gasteiger partial charge in [-0.25, -0.2) is 9.97 Å². The molecule has 0 bridgehead atoms. The number of fused-ring (bicyclic) bond motifs is 1. The average molecular weight is 305 g/mol. The first-order valence-corrected chi connectivity index (χ1v) is 7.18. The number of hydrogen-bond acceptors (Lipinski definition) is 6. The molecule has 0 aromatic carbocycles. The fourth-order valence-electron chi connectivity index (χ4n) is 1.99. The quantitative estimate of drug-likeness (QED) is 0.661. The van der Waals surface area contributed by atoms with Crippen LogP contribution in [-0.4, -0.2) is 37.6 Å². The number of nitrogens with one attached hydrogen (secondary N) is 2. The van der Waals surface area contributed by atoms with Gasteiger partial charge in [-0.15, -0.1) is 0 Å². The van der Waals surface area contributed by atoms with Gasteiger partial charge in [0.05, 0.1) is 11.4 Å². The third-order valence-corrected chi connectivity index (χ3v) is 3.31. The van der Waals surface area contributed by atoms with Crippen LogP contribution in [0.5, 0.6) is 0 Å². The van der Waals surface area contributed by atoms with E-state index in [4.69, 9.17) is 5.11 Å². The molecule has 0 fully saturated rings. The zero-order valence-electron chi connectivity index (χ0n) is 12.6. The van der Waals surface area contributed by atoms with Gasteiger partial charge in [-0.2, -0.15) is 4.98 Å². The predicted molar refractivity (Wildman–Crippen MR) is 82.0 cm³/mol. The predicted octanol–water partition coefficient (Wildman–Crippen LogP) is 1.39. The van der Waals surface area contributed by atoms with E-state index in [9.17, 15) is 9.59 Å². The van der Waals surface area contributed by atoms with Crippen LogP contribution in [0, 0.1) is 13.8 Å². The molecule has 0 unspecified atom stereocenters. The Morgan fingerprint density at radius 3 is 2.59 bits per heavy atom. The minimum Gasteiger partial charge on any atom is -0.481 e. The van der Waals surface area contributed by atoms with E-state index in [1.165, 1.54) is 0 Å². The Morgan fingerprint density at radius 1 is 1.14 bits per heavy atom. The number of rotatable bonds is 7. The van der Waals surface area contributed by atoms with E-state index in [1.807, 2.05) is 6.92 Å². The van der Waals surface area contributed by atoms with Crippen LogP contribution in [0.25, 0.3) is 11.2 Å². The Balaban J connectivity index is 1.99. The first-order chi connectivity index (χ1) is 10.5. The van der Waals surface area contributed by atoms with Crippen LogP contribution in [0.15, 0.2) is 4.79 Å². The number of carboxylic acid groups (broad SMARTS) is 1. The van der Waals surface area contributed by atoms with Gasteiger partial charge in [-0.1, -0.05) is 6.42 Å². The smallest absolute Gasteiger partial charge is 0.303 e. The number of hydrogen-bond donors (Lipinski definition) is 3. The maximum atomic E-state index is 12.0. The number of aryl methyl sites for hydroxylation is 2. The highest BCUT2D eigenvalue weighted by molar-refractivity contribution is 5.70. The molecule has 0 aliphatic heterocycles. The lowest BCUT2D eigenvalue weighted by Gasteiger charge is -2.06. The van der Waals surface area contributed by atoms with E-state index in [0.29, 0.717) is 30.3 Å². The standard InChI is InChI=1S/C14H19N5O3/c1-8-9(2)17-12-11(16-8)13(22)19-14(18-12)15-7-5-3-4-6-10(20)21/h3-7H2,1-2H3,(H,20,21)(H2,15,17,18,19,22). The van der Waals surface area contributed by atoms with Crippen molar-refractivity contribution >= 4 is 23.1 Å². The van der Waals surface area contributed by atoms with Gasteiger partial charge in [0.2, 0.25) is 5.95 Å². The van der Waals surface area contributed by atoms with E-state index in [0.717, 1.165) is 18.5 Å². The average Bonchev–Trinajstić information content (AvgIpc) is 2.44. The molecule has 0 saturated carbocycles. The molecule has 2 aromatic rings. The highest BCUT2D eigenvalue weighted by Gasteiger charge is 2.08. The molecule has 2 heterocycles. The van der Waals surface area contributed by atoms with E-state index in [1.54, 1.807) is 6.92 Å². The summed E-state index contributed by atoms with van der Waals surface area (Å²) >= 11 is 0. The molecule has 8 heteroatoms. The van der Waals surface area contributed by atoms with Crippen LogP contribution in [0.3, 0.4) is 0 Å². The second-order valence-electron chi connectivity index (χ2n) is 5.11. The minimum absolute atomic E-state index is 0.180. The summed E-state index contributed by atoms with van der Waals surface area (Å²) < 4.78 is 0. The molecule has 3 N–H and O–H groups in total. The fourth-order valence-corrected chi connectivity index (χ4v) is 1.99. The van der Waals surface area contributed by atoms with Gasteiger partial charge in [0.25, 0.3) is 5.56 Å². The third kappa shape index (κ3) is 4.00. The summed E-state index contributed by atoms with van der Waals surface area (Å²) in [6.07, 6.45) is 2.42. The van der Waals surface area contributed by atoms with Crippen molar-refractivity contribution in [1.82, 2.24) is 19.9 Å². The highest BCUT2D eigenvalue weighted by atomic mass is 16.4. The van der Waals surface area contributed by atoms with Crippen molar-refractivity contribution in [3.8, 4) is 0 Å². The lowest BCUT2D eigenvalue weighted by atomic mass is 10.2. The largest absolute Gasteiger partial charge is 0.481 e. The van der Waals surface area contributed by atoms with Crippen LogP contribution >= 0.6 is 0 Å². The molecule has 0 saturated heterocycles. The van der Waals surface area contributed by atoms with Crippen molar-refractivity contribution in [1.29, 1.82) is 0 Å². The van der Waals surface area contributed by atoms with Crippen LogP contribution < -0.4 is 10.9 Å². The van der Waals surface area contributed by atoms with E-state index < -0.39 is 5.97 Å². The van der Waals surface area contributed by atoms with Gasteiger partial charge >= 0.3 is 5.97 Å². The molecule has 2 rings (SSSR count). The van der Waals surface area contributed by atoms with E-state index >= 15 is 0 Å². The van der Waals surface area contributed by atoms with Gasteiger partial charge in [-0.3, -0.25) is 14.6 Å². The monoisotopic (exact) mass is 305 g/mol. The van der Waals surface area contributed by atoms with Gasteiger partial charge in [0, 0.05) is 13.0 Å². The van der Waals surface area contributed by atoms with Crippen LogP contribution in [0.2, 0.25) is 0 Å². The number of aromatic amines is 1. The summed E-state index contributed by atoms with van der Waals surface area (Å²) in [5.41, 5.74) is 1.67. The molecular weight excluding hydrogens is 286 g/mol. The number of aromatic nitrogens is 4. The number of H-pyrrole nitrogens is 1. The number of aliphatic carboxylic acids is 1. The first kappa shape index (κ1) is 15.9. The summed E-state index contributed by atoms with van der Waals surface area (Å²) in [5.74, 6) is -0.425. The molecule has 0 spiro atoms. The Morgan fingerprint density at radius 2 is 1.86 bits per heavy atom. The minimum atomic E-state index is -0.780. The summed E-state index contributed by atoms with van der Waals surface area (Å²) in [6, 6.07) is 0. The van der Waals surface area contributed by atoms with Crippen LogP contribution in [0.1, 0.15) is 37.1 Å². The first-order valence-electron chi connectivity index (χ1n) is 7.18. The molecule has 0 amide bonds. The molecule has 0 radical (unpaired) electrons. The fraction of sp³-hybridized carbons (Fsp3) is 0.500. The van der Waals surface area contributed by atoms with Crippen molar-refractivity contribution < 1.29 is 9.90 Å². The Hall–Kier alpha value is -2.51. The zero-order valence-corrected chi connectivity index (χ0v) is 12.6. The molecule has 0 aliphatic rings. The molecule has 8 nitrogen and oxygen atoms in total. The van der Waals surface area contributed by atoms with E-state index in [2.05, 4.69) is 25.3 Å². The number of carboxylic acids is 1. The topological polar surface area (TPSA) is 121 Å². The molecule has 0 atom stereocenters. The SMILES string of the molecule is Cc1nc2nc(NCCCCCC(=O)O)[nH]c(=O)c2nc1C. The van der Waals surface area contributed by atoms with Crippen molar-refractivity contribution in [2.24, 2.45) is 0 Å². The van der Waals surface area contributed by atoms with Gasteiger partial charge in [0.15, 0.2) is 11.2 Å². The number of nitrogens with zero attached hydrogens (tertiary/aromatic N) is 3.